The zero-order chi connectivity index (χ0) is 10.3. The molecule has 0 unspecified atom stereocenters. The van der Waals surface area contributed by atoms with E-state index in [0.717, 1.165) is 0 Å². The second-order valence-corrected chi connectivity index (χ2v) is 5.53. The van der Waals surface area contributed by atoms with Gasteiger partial charge in [-0.1, -0.05) is 0 Å². The monoisotopic (exact) mass is 215 g/mol. The van der Waals surface area contributed by atoms with Gasteiger partial charge in [-0.25, -0.2) is 8.42 Å². The minimum absolute atomic E-state index is 0.00603. The predicted octanol–water partition coefficient (Wildman–Crippen LogP) is -0.643. The average molecular weight is 215 g/mol. The van der Waals surface area contributed by atoms with E-state index in [2.05, 4.69) is 0 Å². The Morgan fingerprint density at radius 3 is 2.57 bits per heavy atom. The normalized spacial score (nSPS) is 19.6. The van der Waals surface area contributed by atoms with E-state index in [1.165, 1.54) is 4.31 Å². The molecule has 2 rings (SSSR count). The molecule has 0 spiro atoms. The van der Waals surface area contributed by atoms with Gasteiger partial charge >= 0.3 is 0 Å². The lowest BCUT2D eigenvalue weighted by molar-refractivity contribution is 0.265. The number of nitrogens with zero attached hydrogens (tertiary/aromatic N) is 2. The standard InChI is InChI=1S/C8H13N3O2S/c1-10-3-2-8(6-10)14(12,13)11-4-7(9)5-11/h2-3,6-7H,4-5,9H2,1H3. The molecule has 78 valence electrons. The van der Waals surface area contributed by atoms with Crippen molar-refractivity contribution < 1.29 is 8.42 Å². The molecule has 0 aromatic carbocycles. The van der Waals surface area contributed by atoms with Crippen LogP contribution in [0.4, 0.5) is 0 Å². The third kappa shape index (κ3) is 1.45. The highest BCUT2D eigenvalue weighted by molar-refractivity contribution is 7.89. The van der Waals surface area contributed by atoms with Crippen LogP contribution in [0, 0.1) is 0 Å². The topological polar surface area (TPSA) is 68.3 Å². The van der Waals surface area contributed by atoms with E-state index >= 15 is 0 Å². The van der Waals surface area contributed by atoms with Crippen LogP contribution in [0.5, 0.6) is 0 Å². The molecule has 1 saturated heterocycles. The Labute approximate surface area is 83.2 Å². The van der Waals surface area contributed by atoms with Crippen LogP contribution in [0.15, 0.2) is 23.4 Å². The van der Waals surface area contributed by atoms with Crippen molar-refractivity contribution in [3.63, 3.8) is 0 Å². The lowest BCUT2D eigenvalue weighted by Crippen LogP contribution is -2.57. The van der Waals surface area contributed by atoms with Crippen molar-refractivity contribution in [3.8, 4) is 0 Å². The Hall–Kier alpha value is -0.850. The summed E-state index contributed by atoms with van der Waals surface area (Å²) in [6, 6.07) is 1.59. The molecule has 1 aromatic rings. The summed E-state index contributed by atoms with van der Waals surface area (Å²) in [6.45, 7) is 0.856. The Balaban J connectivity index is 2.25. The zero-order valence-corrected chi connectivity index (χ0v) is 8.74. The molecule has 0 bridgehead atoms. The third-order valence-electron chi connectivity index (χ3n) is 2.32. The summed E-state index contributed by atoms with van der Waals surface area (Å²) in [7, 11) is -1.49. The van der Waals surface area contributed by atoms with Gasteiger partial charge in [0.15, 0.2) is 0 Å². The van der Waals surface area contributed by atoms with Gasteiger partial charge in [0.1, 0.15) is 0 Å². The third-order valence-corrected chi connectivity index (χ3v) is 4.13. The minimum Gasteiger partial charge on any atom is -0.356 e. The van der Waals surface area contributed by atoms with Crippen LogP contribution >= 0.6 is 0 Å². The summed E-state index contributed by atoms with van der Waals surface area (Å²) in [5, 5.41) is 0. The van der Waals surface area contributed by atoms with E-state index in [1.807, 2.05) is 0 Å². The van der Waals surface area contributed by atoms with Gasteiger partial charge in [-0.05, 0) is 6.07 Å². The first kappa shape index (κ1) is 9.70. The van der Waals surface area contributed by atoms with E-state index in [1.54, 1.807) is 30.1 Å². The molecule has 0 atom stereocenters. The van der Waals surface area contributed by atoms with Gasteiger partial charge in [-0.2, -0.15) is 4.31 Å². The number of nitrogens with two attached hydrogens (primary N) is 1. The Bertz CT molecular complexity index is 431. The predicted molar refractivity (Wildman–Crippen MR) is 52.1 cm³/mol. The summed E-state index contributed by atoms with van der Waals surface area (Å²) in [6.07, 6.45) is 3.31. The van der Waals surface area contributed by atoms with E-state index in [0.29, 0.717) is 18.0 Å². The largest absolute Gasteiger partial charge is 0.356 e. The number of hydrogen-bond acceptors (Lipinski definition) is 3. The number of aromatic nitrogens is 1. The SMILES string of the molecule is Cn1ccc(S(=O)(=O)N2CC(N)C2)c1. The maximum Gasteiger partial charge on any atom is 0.244 e. The number of aryl methyl sites for hydroxylation is 1. The molecule has 1 aliphatic heterocycles. The van der Waals surface area contributed by atoms with Crippen molar-refractivity contribution in [3.05, 3.63) is 18.5 Å². The summed E-state index contributed by atoms with van der Waals surface area (Å²) in [5.41, 5.74) is 5.54. The highest BCUT2D eigenvalue weighted by Crippen LogP contribution is 2.20. The number of sulfonamides is 1. The Morgan fingerprint density at radius 1 is 1.50 bits per heavy atom. The number of hydrogen-bond donors (Lipinski definition) is 1. The Kier molecular flexibility index (Phi) is 2.13. The molecule has 1 fully saturated rings. The van der Waals surface area contributed by atoms with E-state index in [-0.39, 0.29) is 6.04 Å². The van der Waals surface area contributed by atoms with Gasteiger partial charge in [0.25, 0.3) is 0 Å². The molecule has 0 saturated carbocycles. The van der Waals surface area contributed by atoms with Crippen LogP contribution in [0.2, 0.25) is 0 Å². The smallest absolute Gasteiger partial charge is 0.244 e. The molecular formula is C8H13N3O2S. The summed E-state index contributed by atoms with van der Waals surface area (Å²) < 4.78 is 26.8. The summed E-state index contributed by atoms with van der Waals surface area (Å²) >= 11 is 0. The fourth-order valence-corrected chi connectivity index (χ4v) is 3.05. The maximum atomic E-state index is 11.8. The number of rotatable bonds is 2. The lowest BCUT2D eigenvalue weighted by atomic mass is 10.2. The van der Waals surface area contributed by atoms with Crippen LogP contribution < -0.4 is 5.73 Å². The van der Waals surface area contributed by atoms with Crippen molar-refractivity contribution >= 4 is 10.0 Å². The van der Waals surface area contributed by atoms with Gasteiger partial charge in [-0.15, -0.1) is 0 Å². The van der Waals surface area contributed by atoms with Crippen LogP contribution in [0.25, 0.3) is 0 Å². The molecule has 6 heteroatoms. The molecule has 2 heterocycles. The first-order valence-corrected chi connectivity index (χ1v) is 5.82. The summed E-state index contributed by atoms with van der Waals surface area (Å²) in [4.78, 5) is 0.340. The van der Waals surface area contributed by atoms with Crippen molar-refractivity contribution in [1.29, 1.82) is 0 Å². The highest BCUT2D eigenvalue weighted by atomic mass is 32.2. The Morgan fingerprint density at radius 2 is 2.14 bits per heavy atom. The van der Waals surface area contributed by atoms with E-state index in [4.69, 9.17) is 5.73 Å². The molecule has 2 N–H and O–H groups in total. The first-order chi connectivity index (χ1) is 6.50. The lowest BCUT2D eigenvalue weighted by Gasteiger charge is -2.35. The average Bonchev–Trinajstić information content (AvgIpc) is 2.46. The maximum absolute atomic E-state index is 11.8. The van der Waals surface area contributed by atoms with Crippen LogP contribution in [0.3, 0.4) is 0 Å². The molecule has 0 amide bonds. The van der Waals surface area contributed by atoms with E-state index < -0.39 is 10.0 Å². The van der Waals surface area contributed by atoms with Crippen molar-refractivity contribution in [2.24, 2.45) is 12.8 Å². The molecule has 0 radical (unpaired) electrons. The van der Waals surface area contributed by atoms with Crippen molar-refractivity contribution in [2.45, 2.75) is 10.9 Å². The van der Waals surface area contributed by atoms with Gasteiger partial charge < -0.3 is 10.3 Å². The second-order valence-electron chi connectivity index (χ2n) is 3.59. The van der Waals surface area contributed by atoms with Gasteiger partial charge in [0.05, 0.1) is 4.90 Å². The van der Waals surface area contributed by atoms with Crippen LogP contribution in [-0.4, -0.2) is 36.4 Å². The fourth-order valence-electron chi connectivity index (χ4n) is 1.45. The highest BCUT2D eigenvalue weighted by Gasteiger charge is 2.34. The molecule has 1 aromatic heterocycles. The minimum atomic E-state index is -3.28. The quantitative estimate of drug-likeness (QED) is 0.713. The first-order valence-electron chi connectivity index (χ1n) is 4.38. The van der Waals surface area contributed by atoms with Gasteiger partial charge in [-0.3, -0.25) is 0 Å². The zero-order valence-electron chi connectivity index (χ0n) is 7.92. The van der Waals surface area contributed by atoms with Crippen LogP contribution in [0.1, 0.15) is 0 Å². The van der Waals surface area contributed by atoms with Crippen molar-refractivity contribution in [2.75, 3.05) is 13.1 Å². The van der Waals surface area contributed by atoms with E-state index in [9.17, 15) is 8.42 Å². The van der Waals surface area contributed by atoms with Gasteiger partial charge in [0, 0.05) is 38.6 Å². The van der Waals surface area contributed by atoms with Crippen molar-refractivity contribution in [1.82, 2.24) is 8.87 Å². The molecule has 14 heavy (non-hydrogen) atoms. The molecule has 0 aliphatic carbocycles. The second kappa shape index (κ2) is 3.08. The van der Waals surface area contributed by atoms with Crippen LogP contribution in [-0.2, 0) is 17.1 Å². The molecule has 5 nitrogen and oxygen atoms in total. The fraction of sp³-hybridized carbons (Fsp3) is 0.500. The molecular weight excluding hydrogens is 202 g/mol. The molecule has 1 aliphatic rings. The van der Waals surface area contributed by atoms with Gasteiger partial charge in [0.2, 0.25) is 10.0 Å². The summed E-state index contributed by atoms with van der Waals surface area (Å²) in [5.74, 6) is 0.